The zero-order chi connectivity index (χ0) is 15.6. The van der Waals surface area contributed by atoms with Gasteiger partial charge in [0.2, 0.25) is 0 Å². The highest BCUT2D eigenvalue weighted by Crippen LogP contribution is 2.43. The van der Waals surface area contributed by atoms with Gasteiger partial charge in [0.05, 0.1) is 17.6 Å². The van der Waals surface area contributed by atoms with Gasteiger partial charge in [0.25, 0.3) is 0 Å². The molecule has 2 saturated heterocycles. The molecule has 1 atom stereocenters. The predicted molar refractivity (Wildman–Crippen MR) is 85.0 cm³/mol. The van der Waals surface area contributed by atoms with Gasteiger partial charge in [0.15, 0.2) is 0 Å². The van der Waals surface area contributed by atoms with Gasteiger partial charge < -0.3 is 20.1 Å². The zero-order valence-electron chi connectivity index (χ0n) is 13.8. The van der Waals surface area contributed by atoms with Gasteiger partial charge in [-0.25, -0.2) is 0 Å². The molecule has 5 heteroatoms. The maximum atomic E-state index is 11.5. The van der Waals surface area contributed by atoms with E-state index in [0.717, 1.165) is 77.7 Å². The van der Waals surface area contributed by atoms with Crippen molar-refractivity contribution in [2.75, 3.05) is 32.8 Å². The van der Waals surface area contributed by atoms with Crippen LogP contribution in [0.3, 0.4) is 0 Å². The highest BCUT2D eigenvalue weighted by Gasteiger charge is 2.48. The van der Waals surface area contributed by atoms with E-state index in [-0.39, 0.29) is 5.60 Å². The zero-order valence-corrected chi connectivity index (χ0v) is 13.8. The molecule has 1 spiro atoms. The van der Waals surface area contributed by atoms with Gasteiger partial charge >= 0.3 is 5.97 Å². The summed E-state index contributed by atoms with van der Waals surface area (Å²) in [4.78, 5) is 13.9. The lowest BCUT2D eigenvalue weighted by molar-refractivity contribution is -0.157. The van der Waals surface area contributed by atoms with E-state index in [9.17, 15) is 9.90 Å². The summed E-state index contributed by atoms with van der Waals surface area (Å²) in [7, 11) is 0. The van der Waals surface area contributed by atoms with Crippen LogP contribution in [0.25, 0.3) is 0 Å². The standard InChI is InChI=1S/C17H30N2O3/c1-2-8-18-14-11-17(22-12-14)6-9-19(10-7-17)13-16(15(20)21)4-3-5-16/h14,18H,2-13H2,1H3,(H,20,21). The number of hydrogen-bond acceptors (Lipinski definition) is 4. The molecular formula is C17H30N2O3. The van der Waals surface area contributed by atoms with Crippen LogP contribution >= 0.6 is 0 Å². The topological polar surface area (TPSA) is 61.8 Å². The lowest BCUT2D eigenvalue weighted by Gasteiger charge is -2.45. The van der Waals surface area contributed by atoms with Crippen LogP contribution < -0.4 is 5.32 Å². The second kappa shape index (κ2) is 6.46. The second-order valence-corrected chi connectivity index (χ2v) is 7.56. The summed E-state index contributed by atoms with van der Waals surface area (Å²) in [5.41, 5.74) is -0.399. The van der Waals surface area contributed by atoms with Crippen LogP contribution in [0.2, 0.25) is 0 Å². The van der Waals surface area contributed by atoms with E-state index in [1.54, 1.807) is 0 Å². The molecule has 1 saturated carbocycles. The largest absolute Gasteiger partial charge is 0.481 e. The Kier molecular flexibility index (Phi) is 4.76. The van der Waals surface area contributed by atoms with Crippen LogP contribution in [0, 0.1) is 5.41 Å². The first-order chi connectivity index (χ1) is 10.6. The van der Waals surface area contributed by atoms with E-state index in [4.69, 9.17) is 4.74 Å². The third-order valence-electron chi connectivity index (χ3n) is 5.95. The van der Waals surface area contributed by atoms with E-state index in [0.29, 0.717) is 6.04 Å². The minimum atomic E-state index is -0.597. The Hall–Kier alpha value is -0.650. The first kappa shape index (κ1) is 16.2. The van der Waals surface area contributed by atoms with Gasteiger partial charge in [-0.1, -0.05) is 13.3 Å². The Morgan fingerprint density at radius 1 is 1.32 bits per heavy atom. The second-order valence-electron chi connectivity index (χ2n) is 7.56. The molecule has 3 fully saturated rings. The number of carboxylic acids is 1. The SMILES string of the molecule is CCCNC1COC2(CCN(CC3(C(=O)O)CCC3)CC2)C1. The monoisotopic (exact) mass is 310 g/mol. The fourth-order valence-corrected chi connectivity index (χ4v) is 4.26. The van der Waals surface area contributed by atoms with Crippen LogP contribution in [0.4, 0.5) is 0 Å². The Bertz CT molecular complexity index is 401. The molecule has 3 aliphatic rings. The Balaban J connectivity index is 1.48. The molecule has 0 radical (unpaired) electrons. The molecule has 1 unspecified atom stereocenters. The molecule has 22 heavy (non-hydrogen) atoms. The molecule has 0 aromatic rings. The van der Waals surface area contributed by atoms with Crippen molar-refractivity contribution in [3.63, 3.8) is 0 Å². The van der Waals surface area contributed by atoms with Crippen molar-refractivity contribution in [3.8, 4) is 0 Å². The summed E-state index contributed by atoms with van der Waals surface area (Å²) in [5, 5.41) is 13.0. The minimum Gasteiger partial charge on any atom is -0.481 e. The molecule has 1 aliphatic carbocycles. The maximum absolute atomic E-state index is 11.5. The minimum absolute atomic E-state index is 0.0535. The van der Waals surface area contributed by atoms with Crippen molar-refractivity contribution in [3.05, 3.63) is 0 Å². The molecule has 0 bridgehead atoms. The molecule has 126 valence electrons. The van der Waals surface area contributed by atoms with Crippen molar-refractivity contribution in [1.82, 2.24) is 10.2 Å². The first-order valence-electron chi connectivity index (χ1n) is 8.91. The number of aliphatic carboxylic acids is 1. The van der Waals surface area contributed by atoms with Crippen LogP contribution in [-0.2, 0) is 9.53 Å². The van der Waals surface area contributed by atoms with Crippen molar-refractivity contribution in [2.45, 2.75) is 63.5 Å². The number of rotatable bonds is 6. The third kappa shape index (κ3) is 3.17. The number of carboxylic acid groups (broad SMARTS) is 1. The lowest BCUT2D eigenvalue weighted by atomic mass is 9.68. The summed E-state index contributed by atoms with van der Waals surface area (Å²) in [6.07, 6.45) is 7.14. The number of likely N-dealkylation sites (tertiary alicyclic amines) is 1. The average molecular weight is 310 g/mol. The lowest BCUT2D eigenvalue weighted by Crippen LogP contribution is -2.52. The molecule has 2 N–H and O–H groups in total. The number of piperidine rings is 1. The van der Waals surface area contributed by atoms with Gasteiger partial charge in [0, 0.05) is 25.7 Å². The fourth-order valence-electron chi connectivity index (χ4n) is 4.26. The van der Waals surface area contributed by atoms with Gasteiger partial charge in [0.1, 0.15) is 0 Å². The van der Waals surface area contributed by atoms with Gasteiger partial charge in [-0.15, -0.1) is 0 Å². The van der Waals surface area contributed by atoms with Crippen molar-refractivity contribution in [1.29, 1.82) is 0 Å². The molecule has 0 aromatic heterocycles. The Labute approximate surface area is 133 Å². The quantitative estimate of drug-likeness (QED) is 0.784. The molecule has 2 heterocycles. The normalized spacial score (nSPS) is 30.3. The summed E-state index contributed by atoms with van der Waals surface area (Å²) < 4.78 is 6.15. The van der Waals surface area contributed by atoms with Gasteiger partial charge in [-0.05, 0) is 45.1 Å². The Morgan fingerprint density at radius 3 is 2.59 bits per heavy atom. The molecule has 0 aromatic carbocycles. The number of hydrogen-bond donors (Lipinski definition) is 2. The van der Waals surface area contributed by atoms with Gasteiger partial charge in [-0.3, -0.25) is 4.79 Å². The maximum Gasteiger partial charge on any atom is 0.310 e. The molecular weight excluding hydrogens is 280 g/mol. The van der Waals surface area contributed by atoms with E-state index >= 15 is 0 Å². The van der Waals surface area contributed by atoms with Crippen LogP contribution in [0.5, 0.6) is 0 Å². The van der Waals surface area contributed by atoms with Crippen LogP contribution in [0.15, 0.2) is 0 Å². The molecule has 0 amide bonds. The fraction of sp³-hybridized carbons (Fsp3) is 0.941. The van der Waals surface area contributed by atoms with E-state index < -0.39 is 11.4 Å². The van der Waals surface area contributed by atoms with Gasteiger partial charge in [-0.2, -0.15) is 0 Å². The first-order valence-corrected chi connectivity index (χ1v) is 8.91. The summed E-state index contributed by atoms with van der Waals surface area (Å²) in [5.74, 6) is -0.597. The van der Waals surface area contributed by atoms with Crippen molar-refractivity contribution < 1.29 is 14.6 Å². The smallest absolute Gasteiger partial charge is 0.310 e. The average Bonchev–Trinajstić information content (AvgIpc) is 2.85. The number of carbonyl (C=O) groups is 1. The predicted octanol–water partition coefficient (Wildman–Crippen LogP) is 1.86. The molecule has 5 nitrogen and oxygen atoms in total. The number of nitrogens with zero attached hydrogens (tertiary/aromatic N) is 1. The summed E-state index contributed by atoms with van der Waals surface area (Å²) in [6.45, 7) is 6.78. The van der Waals surface area contributed by atoms with E-state index in [1.807, 2.05) is 0 Å². The summed E-state index contributed by atoms with van der Waals surface area (Å²) >= 11 is 0. The number of ether oxygens (including phenoxy) is 1. The Morgan fingerprint density at radius 2 is 2.05 bits per heavy atom. The molecule has 3 rings (SSSR count). The third-order valence-corrected chi connectivity index (χ3v) is 5.95. The highest BCUT2D eigenvalue weighted by molar-refractivity contribution is 5.76. The van der Waals surface area contributed by atoms with E-state index in [2.05, 4.69) is 17.1 Å². The van der Waals surface area contributed by atoms with Crippen molar-refractivity contribution in [2.24, 2.45) is 5.41 Å². The molecule has 2 aliphatic heterocycles. The van der Waals surface area contributed by atoms with E-state index in [1.165, 1.54) is 0 Å². The number of nitrogens with one attached hydrogen (secondary N) is 1. The highest BCUT2D eigenvalue weighted by atomic mass is 16.5. The van der Waals surface area contributed by atoms with Crippen LogP contribution in [0.1, 0.15) is 51.9 Å². The summed E-state index contributed by atoms with van der Waals surface area (Å²) in [6, 6.07) is 0.503. The van der Waals surface area contributed by atoms with Crippen LogP contribution in [-0.4, -0.2) is 60.4 Å². The van der Waals surface area contributed by atoms with Crippen molar-refractivity contribution >= 4 is 5.97 Å².